The van der Waals surface area contributed by atoms with E-state index in [-0.39, 0.29) is 10.3 Å². The Morgan fingerprint density at radius 2 is 2.05 bits per heavy atom. The van der Waals surface area contributed by atoms with Gasteiger partial charge in [0.05, 0.1) is 11.6 Å². The first-order valence-corrected chi connectivity index (χ1v) is 7.04. The summed E-state index contributed by atoms with van der Waals surface area (Å²) in [5.74, 6) is 0.110. The fraction of sp³-hybridized carbons (Fsp3) is 0.0625. The van der Waals surface area contributed by atoms with Crippen molar-refractivity contribution < 1.29 is 13.9 Å². The second-order valence-electron chi connectivity index (χ2n) is 4.57. The van der Waals surface area contributed by atoms with Gasteiger partial charge in [0.2, 0.25) is 0 Å². The molecule has 5 heteroatoms. The molecule has 0 saturated heterocycles. The van der Waals surface area contributed by atoms with Gasteiger partial charge in [-0.15, -0.1) is 0 Å². The molecule has 2 aromatic carbocycles. The highest BCUT2D eigenvalue weighted by molar-refractivity contribution is 9.10. The van der Waals surface area contributed by atoms with Gasteiger partial charge < -0.3 is 9.72 Å². The number of hydrogen-bond donors (Lipinski definition) is 1. The van der Waals surface area contributed by atoms with Crippen LogP contribution in [-0.4, -0.2) is 17.9 Å². The molecule has 0 spiro atoms. The molecule has 3 nitrogen and oxygen atoms in total. The van der Waals surface area contributed by atoms with Gasteiger partial charge in [0.25, 0.3) is 0 Å². The van der Waals surface area contributed by atoms with Crippen molar-refractivity contribution in [3.05, 3.63) is 64.0 Å². The van der Waals surface area contributed by atoms with Crippen molar-refractivity contribution in [2.45, 2.75) is 0 Å². The van der Waals surface area contributed by atoms with E-state index in [0.717, 1.165) is 10.9 Å². The summed E-state index contributed by atoms with van der Waals surface area (Å²) in [6.45, 7) is 0. The quantitative estimate of drug-likeness (QED) is 0.717. The molecule has 0 aliphatic rings. The maximum atomic E-state index is 13.3. The molecular weight excluding hydrogens is 337 g/mol. The van der Waals surface area contributed by atoms with Crippen molar-refractivity contribution in [1.82, 2.24) is 4.98 Å². The molecule has 0 unspecified atom stereocenters. The smallest absolute Gasteiger partial charge is 0.195 e. The predicted molar refractivity (Wildman–Crippen MR) is 82.4 cm³/mol. The van der Waals surface area contributed by atoms with Crippen molar-refractivity contribution >= 4 is 32.6 Å². The van der Waals surface area contributed by atoms with Crippen molar-refractivity contribution in [3.63, 3.8) is 0 Å². The number of benzene rings is 2. The van der Waals surface area contributed by atoms with Crippen LogP contribution in [0.4, 0.5) is 4.39 Å². The Morgan fingerprint density at radius 3 is 2.76 bits per heavy atom. The fourth-order valence-electron chi connectivity index (χ4n) is 2.21. The number of carbonyl (C=O) groups is 1. The molecule has 0 aliphatic heterocycles. The van der Waals surface area contributed by atoms with Crippen LogP contribution in [0.15, 0.2) is 47.1 Å². The number of ketones is 1. The molecule has 1 N–H and O–H groups in total. The standard InChI is InChI=1S/C16H11BrFNO2/c1-21-10-3-5-15-11(7-10)12(8-19-15)16(20)9-2-4-14(18)13(17)6-9/h2-8,19H,1H3. The van der Waals surface area contributed by atoms with Crippen molar-refractivity contribution in [1.29, 1.82) is 0 Å². The molecule has 3 rings (SSSR count). The minimum atomic E-state index is -0.396. The lowest BCUT2D eigenvalue weighted by Gasteiger charge is -2.03. The lowest BCUT2D eigenvalue weighted by atomic mass is 10.0. The molecule has 1 aromatic heterocycles. The molecule has 0 saturated carbocycles. The molecule has 0 aliphatic carbocycles. The number of methoxy groups -OCH3 is 1. The normalized spacial score (nSPS) is 10.8. The van der Waals surface area contributed by atoms with Gasteiger partial charge in [0.15, 0.2) is 5.78 Å². The Bertz CT molecular complexity index is 841. The van der Waals surface area contributed by atoms with E-state index < -0.39 is 5.82 Å². The molecule has 21 heavy (non-hydrogen) atoms. The third kappa shape index (κ3) is 2.45. The van der Waals surface area contributed by atoms with Crippen LogP contribution in [0.5, 0.6) is 5.75 Å². The number of ether oxygens (including phenoxy) is 1. The van der Waals surface area contributed by atoms with Crippen LogP contribution < -0.4 is 4.74 Å². The molecule has 1 heterocycles. The first-order valence-electron chi connectivity index (χ1n) is 6.25. The predicted octanol–water partition coefficient (Wildman–Crippen LogP) is 4.31. The molecule has 106 valence electrons. The van der Waals surface area contributed by atoms with Crippen molar-refractivity contribution in [2.75, 3.05) is 7.11 Å². The molecule has 0 radical (unpaired) electrons. The average molecular weight is 348 g/mol. The third-order valence-corrected chi connectivity index (χ3v) is 3.92. The Hall–Kier alpha value is -2.14. The monoisotopic (exact) mass is 347 g/mol. The first kappa shape index (κ1) is 13.8. The minimum Gasteiger partial charge on any atom is -0.497 e. The highest BCUT2D eigenvalue weighted by Crippen LogP contribution is 2.26. The number of hydrogen-bond acceptors (Lipinski definition) is 2. The Kier molecular flexibility index (Phi) is 3.51. The summed E-state index contributed by atoms with van der Waals surface area (Å²) in [5.41, 5.74) is 1.80. The van der Waals surface area contributed by atoms with Crippen LogP contribution in [0.25, 0.3) is 10.9 Å². The van der Waals surface area contributed by atoms with E-state index in [1.807, 2.05) is 12.1 Å². The van der Waals surface area contributed by atoms with Crippen LogP contribution in [0.1, 0.15) is 15.9 Å². The van der Waals surface area contributed by atoms with Crippen molar-refractivity contribution in [3.8, 4) is 5.75 Å². The van der Waals surface area contributed by atoms with Gasteiger partial charge in [-0.05, 0) is 52.3 Å². The van der Waals surface area contributed by atoms with E-state index in [9.17, 15) is 9.18 Å². The largest absolute Gasteiger partial charge is 0.497 e. The van der Waals surface area contributed by atoms with E-state index in [0.29, 0.717) is 16.9 Å². The van der Waals surface area contributed by atoms with E-state index in [2.05, 4.69) is 20.9 Å². The zero-order chi connectivity index (χ0) is 15.0. The van der Waals surface area contributed by atoms with Crippen LogP contribution >= 0.6 is 15.9 Å². The molecule has 3 aromatic rings. The number of halogens is 2. The van der Waals surface area contributed by atoms with Gasteiger partial charge in [-0.1, -0.05) is 0 Å². The van der Waals surface area contributed by atoms with Gasteiger partial charge >= 0.3 is 0 Å². The van der Waals surface area contributed by atoms with Crippen LogP contribution in [0.2, 0.25) is 0 Å². The Morgan fingerprint density at radius 1 is 1.24 bits per heavy atom. The molecule has 0 amide bonds. The lowest BCUT2D eigenvalue weighted by molar-refractivity contribution is 0.104. The Balaban J connectivity index is 2.10. The topological polar surface area (TPSA) is 42.1 Å². The van der Waals surface area contributed by atoms with Crippen LogP contribution in [0.3, 0.4) is 0 Å². The van der Waals surface area contributed by atoms with E-state index >= 15 is 0 Å². The lowest BCUT2D eigenvalue weighted by Crippen LogP contribution is -2.01. The highest BCUT2D eigenvalue weighted by Gasteiger charge is 2.16. The maximum absolute atomic E-state index is 13.3. The summed E-state index contributed by atoms with van der Waals surface area (Å²) in [6.07, 6.45) is 1.66. The number of rotatable bonds is 3. The number of aromatic nitrogens is 1. The molecule has 0 atom stereocenters. The van der Waals surface area contributed by atoms with E-state index in [1.165, 1.54) is 18.2 Å². The minimum absolute atomic E-state index is 0.171. The fourth-order valence-corrected chi connectivity index (χ4v) is 2.59. The number of carbonyl (C=O) groups excluding carboxylic acids is 1. The van der Waals surface area contributed by atoms with Gasteiger partial charge in [-0.25, -0.2) is 4.39 Å². The van der Waals surface area contributed by atoms with Gasteiger partial charge in [-0.2, -0.15) is 0 Å². The second kappa shape index (κ2) is 5.33. The van der Waals surface area contributed by atoms with Crippen LogP contribution in [0, 0.1) is 5.82 Å². The van der Waals surface area contributed by atoms with Gasteiger partial charge in [-0.3, -0.25) is 4.79 Å². The number of H-pyrrole nitrogens is 1. The Labute approximate surface area is 128 Å². The highest BCUT2D eigenvalue weighted by atomic mass is 79.9. The number of fused-ring (bicyclic) bond motifs is 1. The summed E-state index contributed by atoms with van der Waals surface area (Å²) in [5, 5.41) is 0.778. The van der Waals surface area contributed by atoms with E-state index in [4.69, 9.17) is 4.74 Å². The maximum Gasteiger partial charge on any atom is 0.195 e. The number of nitrogens with one attached hydrogen (secondary N) is 1. The first-order chi connectivity index (χ1) is 10.1. The van der Waals surface area contributed by atoms with Gasteiger partial charge in [0, 0.05) is 28.2 Å². The summed E-state index contributed by atoms with van der Waals surface area (Å²) >= 11 is 3.10. The zero-order valence-electron chi connectivity index (χ0n) is 11.1. The summed E-state index contributed by atoms with van der Waals surface area (Å²) in [4.78, 5) is 15.6. The molecule has 0 fully saturated rings. The zero-order valence-corrected chi connectivity index (χ0v) is 12.7. The molecule has 0 bridgehead atoms. The SMILES string of the molecule is COc1ccc2[nH]cc(C(=O)c3ccc(F)c(Br)c3)c2c1. The van der Waals surface area contributed by atoms with Crippen LogP contribution in [-0.2, 0) is 0 Å². The summed E-state index contributed by atoms with van der Waals surface area (Å²) < 4.78 is 18.7. The van der Waals surface area contributed by atoms with E-state index in [1.54, 1.807) is 19.4 Å². The summed E-state index contributed by atoms with van der Waals surface area (Å²) in [6, 6.07) is 9.70. The number of aromatic amines is 1. The third-order valence-electron chi connectivity index (χ3n) is 3.32. The summed E-state index contributed by atoms with van der Waals surface area (Å²) in [7, 11) is 1.58. The van der Waals surface area contributed by atoms with Gasteiger partial charge in [0.1, 0.15) is 11.6 Å². The van der Waals surface area contributed by atoms with Crippen molar-refractivity contribution in [2.24, 2.45) is 0 Å². The molecular formula is C16H11BrFNO2. The average Bonchev–Trinajstić information content (AvgIpc) is 2.92. The second-order valence-corrected chi connectivity index (χ2v) is 5.43.